The van der Waals surface area contributed by atoms with Crippen LogP contribution in [-0.4, -0.2) is 17.4 Å². The molecule has 2 unspecified atom stereocenters. The summed E-state index contributed by atoms with van der Waals surface area (Å²) in [7, 11) is 1.35. The fourth-order valence-electron chi connectivity index (χ4n) is 4.74. The minimum absolute atomic E-state index is 0.000559. The van der Waals surface area contributed by atoms with Crippen molar-refractivity contribution in [1.29, 1.82) is 0 Å². The fourth-order valence-corrected chi connectivity index (χ4v) is 6.89. The monoisotopic (exact) mass is 528 g/mol. The van der Waals surface area contributed by atoms with Crippen molar-refractivity contribution in [2.75, 3.05) is 12.9 Å². The van der Waals surface area contributed by atoms with E-state index in [0.717, 1.165) is 5.56 Å². The third kappa shape index (κ3) is 4.05. The Morgan fingerprint density at radius 2 is 1.83 bits per heavy atom. The number of aromatic nitrogens is 1. The van der Waals surface area contributed by atoms with Gasteiger partial charge >= 0.3 is 0 Å². The minimum atomic E-state index is -0.678. The predicted molar refractivity (Wildman–Crippen MR) is 138 cm³/mol. The summed E-state index contributed by atoms with van der Waals surface area (Å²) in [6.45, 7) is 1.69. The van der Waals surface area contributed by atoms with Crippen LogP contribution in [0.25, 0.3) is 11.1 Å². The van der Waals surface area contributed by atoms with Crippen LogP contribution in [0.5, 0.6) is 5.75 Å². The second kappa shape index (κ2) is 9.80. The molecule has 2 N–H and O–H groups in total. The lowest BCUT2D eigenvalue weighted by Gasteiger charge is -2.24. The Labute approximate surface area is 214 Å². The average molecular weight is 529 g/mol. The van der Waals surface area contributed by atoms with Gasteiger partial charge in [0.25, 0.3) is 5.56 Å². The number of rotatable bonds is 6. The zero-order chi connectivity index (χ0) is 25.6. The number of methoxy groups -OCH3 is 1. The highest BCUT2D eigenvalue weighted by Crippen LogP contribution is 2.44. The topological polar surface area (TPSA) is 57.2 Å². The van der Waals surface area contributed by atoms with E-state index in [-0.39, 0.29) is 28.9 Å². The van der Waals surface area contributed by atoms with E-state index in [9.17, 15) is 13.6 Å². The Morgan fingerprint density at radius 3 is 2.50 bits per heavy atom. The number of thioether (sulfide) groups is 1. The van der Waals surface area contributed by atoms with Gasteiger partial charge in [-0.2, -0.15) is 11.3 Å². The summed E-state index contributed by atoms with van der Waals surface area (Å²) in [6, 6.07) is 9.32. The molecule has 2 aromatic carbocycles. The molecule has 2 aromatic heterocycles. The largest absolute Gasteiger partial charge is 0.494 e. The molecule has 4 nitrogen and oxygen atoms in total. The summed E-state index contributed by atoms with van der Waals surface area (Å²) in [5.74, 6) is -1.53. The Balaban J connectivity index is 1.78. The van der Waals surface area contributed by atoms with Crippen LogP contribution in [0, 0.1) is 24.4 Å². The molecule has 0 fully saturated rings. The molecule has 2 atom stereocenters. The Bertz CT molecular complexity index is 1480. The highest BCUT2D eigenvalue weighted by atomic mass is 32.2. The van der Waals surface area contributed by atoms with E-state index in [2.05, 4.69) is 0 Å². The third-order valence-corrected chi connectivity index (χ3v) is 8.60. The average Bonchev–Trinajstić information content (AvgIpc) is 3.55. The van der Waals surface area contributed by atoms with Crippen LogP contribution in [0.4, 0.5) is 13.2 Å². The van der Waals surface area contributed by atoms with Crippen LogP contribution >= 0.6 is 23.1 Å². The number of nitrogens with zero attached hydrogens (tertiary/aromatic N) is 1. The smallest absolute Gasteiger partial charge is 0.260 e. The molecule has 0 saturated carbocycles. The molecule has 0 saturated heterocycles. The molecule has 3 heterocycles. The van der Waals surface area contributed by atoms with Crippen LogP contribution in [0.3, 0.4) is 0 Å². The number of pyridine rings is 1. The molecule has 186 valence electrons. The zero-order valence-corrected chi connectivity index (χ0v) is 21.2. The van der Waals surface area contributed by atoms with E-state index in [1.54, 1.807) is 17.6 Å². The van der Waals surface area contributed by atoms with Crippen molar-refractivity contribution in [1.82, 2.24) is 4.57 Å². The summed E-state index contributed by atoms with van der Waals surface area (Å²) in [4.78, 5) is 14.0. The fraction of sp³-hybridized carbons (Fsp3) is 0.222. The first kappa shape index (κ1) is 24.7. The standard InChI is InChI=1S/C27H23F3N2O2S2/c1-14-17(11-18-19(28)6-4-7-20(18)29)27-32(21(13-36-27)25(31)15-9-10-35-12-15)26(33)23(14)16-5-3-8-22(34-2)24(16)30/h3-10,12,21,25H,11,13,31H2,1-2H3. The van der Waals surface area contributed by atoms with Gasteiger partial charge in [-0.3, -0.25) is 9.36 Å². The number of ether oxygens (including phenoxy) is 1. The lowest BCUT2D eigenvalue weighted by atomic mass is 9.93. The molecule has 1 aliphatic heterocycles. The van der Waals surface area contributed by atoms with Gasteiger partial charge in [0.1, 0.15) is 11.6 Å². The van der Waals surface area contributed by atoms with Crippen molar-refractivity contribution in [3.05, 3.63) is 103 Å². The minimum Gasteiger partial charge on any atom is -0.494 e. The first-order chi connectivity index (χ1) is 17.3. The van der Waals surface area contributed by atoms with Gasteiger partial charge in [-0.05, 0) is 58.6 Å². The van der Waals surface area contributed by atoms with Gasteiger partial charge in [-0.15, -0.1) is 11.8 Å². The van der Waals surface area contributed by atoms with Gasteiger partial charge in [0.2, 0.25) is 0 Å². The van der Waals surface area contributed by atoms with Gasteiger partial charge in [-0.1, -0.05) is 18.2 Å². The molecular formula is C27H23F3N2O2S2. The Kier molecular flexibility index (Phi) is 6.72. The molecule has 9 heteroatoms. The second-order valence-corrected chi connectivity index (χ2v) is 10.4. The van der Waals surface area contributed by atoms with Crippen LogP contribution < -0.4 is 16.0 Å². The second-order valence-electron chi connectivity index (χ2n) is 8.62. The maximum absolute atomic E-state index is 15.4. The summed E-state index contributed by atoms with van der Waals surface area (Å²) in [6.07, 6.45) is -0.0913. The Hall–Kier alpha value is -3.01. The summed E-state index contributed by atoms with van der Waals surface area (Å²) in [5, 5.41) is 4.45. The number of halogens is 3. The molecule has 0 radical (unpaired) electrons. The number of fused-ring (bicyclic) bond motifs is 1. The van der Waals surface area contributed by atoms with E-state index < -0.39 is 35.1 Å². The first-order valence-electron chi connectivity index (χ1n) is 11.3. The Morgan fingerprint density at radius 1 is 1.11 bits per heavy atom. The van der Waals surface area contributed by atoms with E-state index in [4.69, 9.17) is 10.5 Å². The molecule has 4 aromatic rings. The number of hydrogen-bond donors (Lipinski definition) is 1. The maximum atomic E-state index is 15.4. The lowest BCUT2D eigenvalue weighted by molar-refractivity contribution is 0.387. The predicted octanol–water partition coefficient (Wildman–Crippen LogP) is 6.25. The molecule has 0 aliphatic carbocycles. The van der Waals surface area contributed by atoms with Crippen molar-refractivity contribution >= 4 is 23.1 Å². The highest BCUT2D eigenvalue weighted by Gasteiger charge is 2.35. The van der Waals surface area contributed by atoms with Crippen LogP contribution in [-0.2, 0) is 6.42 Å². The van der Waals surface area contributed by atoms with Crippen molar-refractivity contribution in [3.63, 3.8) is 0 Å². The first-order valence-corrected chi connectivity index (χ1v) is 13.2. The molecule has 1 aliphatic rings. The van der Waals surface area contributed by atoms with Crippen LogP contribution in [0.1, 0.15) is 34.3 Å². The van der Waals surface area contributed by atoms with Gasteiger partial charge in [0, 0.05) is 23.3 Å². The quantitative estimate of drug-likeness (QED) is 0.322. The van der Waals surface area contributed by atoms with E-state index in [1.165, 1.54) is 60.5 Å². The van der Waals surface area contributed by atoms with Crippen molar-refractivity contribution in [3.8, 4) is 16.9 Å². The molecular weight excluding hydrogens is 505 g/mol. The number of thiophene rings is 1. The van der Waals surface area contributed by atoms with Gasteiger partial charge < -0.3 is 10.5 Å². The zero-order valence-electron chi connectivity index (χ0n) is 19.6. The molecule has 0 bridgehead atoms. The maximum Gasteiger partial charge on any atom is 0.260 e. The van der Waals surface area contributed by atoms with Crippen LogP contribution in [0.2, 0.25) is 0 Å². The van der Waals surface area contributed by atoms with Gasteiger partial charge in [-0.25, -0.2) is 13.2 Å². The van der Waals surface area contributed by atoms with E-state index >= 15 is 4.39 Å². The number of nitrogens with two attached hydrogens (primary N) is 1. The summed E-state index contributed by atoms with van der Waals surface area (Å²) >= 11 is 2.93. The van der Waals surface area contributed by atoms with Crippen molar-refractivity contribution < 1.29 is 17.9 Å². The molecule has 5 rings (SSSR count). The lowest BCUT2D eigenvalue weighted by Crippen LogP contribution is -2.33. The molecule has 0 amide bonds. The molecule has 0 spiro atoms. The van der Waals surface area contributed by atoms with Gasteiger partial charge in [0.05, 0.1) is 29.8 Å². The van der Waals surface area contributed by atoms with E-state index in [1.807, 2.05) is 16.8 Å². The number of hydrogen-bond acceptors (Lipinski definition) is 5. The van der Waals surface area contributed by atoms with E-state index in [0.29, 0.717) is 21.9 Å². The van der Waals surface area contributed by atoms with Crippen molar-refractivity contribution in [2.24, 2.45) is 5.73 Å². The SMILES string of the molecule is COc1cccc(-c2c(C)c(Cc3c(F)cccc3F)c3n(c2=O)C(C(N)c2ccsc2)CS3)c1F. The highest BCUT2D eigenvalue weighted by molar-refractivity contribution is 7.99. The summed E-state index contributed by atoms with van der Waals surface area (Å²) in [5.41, 5.74) is 8.23. The summed E-state index contributed by atoms with van der Waals surface area (Å²) < 4.78 is 51.5. The molecule has 36 heavy (non-hydrogen) atoms. The third-order valence-electron chi connectivity index (χ3n) is 6.67. The van der Waals surface area contributed by atoms with Crippen LogP contribution in [0.15, 0.2) is 63.0 Å². The number of benzene rings is 2. The normalized spacial score (nSPS) is 15.7. The van der Waals surface area contributed by atoms with Crippen molar-refractivity contribution in [2.45, 2.75) is 30.5 Å². The van der Waals surface area contributed by atoms with Gasteiger partial charge in [0.15, 0.2) is 11.6 Å².